The quantitative estimate of drug-likeness (QED) is 0.221. The summed E-state index contributed by atoms with van der Waals surface area (Å²) in [5.74, 6) is -1.00. The summed E-state index contributed by atoms with van der Waals surface area (Å²) in [5, 5.41) is 37.7. The molecule has 0 aromatic rings. The third-order valence-corrected chi connectivity index (χ3v) is 5.41. The predicted octanol–water partition coefficient (Wildman–Crippen LogP) is 2.68. The molecular formula is C21H37NO5. The second kappa shape index (κ2) is 11.5. The maximum Gasteiger partial charge on any atom is 0.146 e. The molecule has 0 spiro atoms. The van der Waals surface area contributed by atoms with Crippen molar-refractivity contribution < 1.29 is 24.9 Å². The van der Waals surface area contributed by atoms with Crippen LogP contribution >= 0.6 is 0 Å². The average molecular weight is 384 g/mol. The van der Waals surface area contributed by atoms with Crippen LogP contribution in [0.2, 0.25) is 0 Å². The Labute approximate surface area is 163 Å². The summed E-state index contributed by atoms with van der Waals surface area (Å²) < 4.78 is 0. The van der Waals surface area contributed by atoms with Gasteiger partial charge in [0.05, 0.1) is 17.6 Å². The minimum atomic E-state index is -1.10. The molecule has 0 saturated carbocycles. The third-order valence-electron chi connectivity index (χ3n) is 5.41. The number of nitrogens with one attached hydrogen (secondary N) is 1. The summed E-state index contributed by atoms with van der Waals surface area (Å²) >= 11 is 0. The zero-order valence-corrected chi connectivity index (χ0v) is 17.5. The zero-order chi connectivity index (χ0) is 21.4. The van der Waals surface area contributed by atoms with E-state index in [9.17, 15) is 24.9 Å². The van der Waals surface area contributed by atoms with Crippen molar-refractivity contribution in [2.24, 2.45) is 17.3 Å². The van der Waals surface area contributed by atoms with Gasteiger partial charge in [-0.25, -0.2) is 0 Å². The Bertz CT molecular complexity index is 541. The van der Waals surface area contributed by atoms with Crippen LogP contribution < -0.4 is 0 Å². The molecule has 0 rings (SSSR count). The van der Waals surface area contributed by atoms with Gasteiger partial charge in [-0.3, -0.25) is 4.79 Å². The molecule has 0 aliphatic carbocycles. The van der Waals surface area contributed by atoms with E-state index < -0.39 is 29.6 Å². The van der Waals surface area contributed by atoms with E-state index in [4.69, 9.17) is 5.41 Å². The van der Waals surface area contributed by atoms with E-state index in [1.54, 1.807) is 33.8 Å². The number of aldehydes is 1. The third kappa shape index (κ3) is 8.03. The van der Waals surface area contributed by atoms with Crippen molar-refractivity contribution in [2.45, 2.75) is 85.5 Å². The molecule has 0 amide bonds. The molecule has 0 aliphatic rings. The second-order valence-corrected chi connectivity index (χ2v) is 8.29. The molecular weight excluding hydrogens is 346 g/mol. The van der Waals surface area contributed by atoms with Crippen molar-refractivity contribution in [2.75, 3.05) is 0 Å². The Morgan fingerprint density at radius 1 is 1.15 bits per heavy atom. The fourth-order valence-corrected chi connectivity index (χ4v) is 3.14. The van der Waals surface area contributed by atoms with Crippen molar-refractivity contribution in [1.29, 1.82) is 5.41 Å². The number of carbonyl (C=O) groups is 2. The molecule has 0 heterocycles. The largest absolute Gasteiger partial charge is 0.392 e. The van der Waals surface area contributed by atoms with E-state index in [1.807, 2.05) is 13.8 Å². The number of hydrogen-bond donors (Lipinski definition) is 4. The molecule has 0 fully saturated rings. The van der Waals surface area contributed by atoms with Gasteiger partial charge in [0.2, 0.25) is 0 Å². The summed E-state index contributed by atoms with van der Waals surface area (Å²) in [6.45, 7) is 10.2. The first-order valence-corrected chi connectivity index (χ1v) is 9.60. The lowest BCUT2D eigenvalue weighted by molar-refractivity contribution is -0.142. The Morgan fingerprint density at radius 3 is 2.19 bits per heavy atom. The lowest BCUT2D eigenvalue weighted by atomic mass is 9.73. The summed E-state index contributed by atoms with van der Waals surface area (Å²) in [6.07, 6.45) is 1.64. The number of aliphatic hydroxyl groups is 3. The Balaban J connectivity index is 4.71. The minimum Gasteiger partial charge on any atom is -0.392 e. The smallest absolute Gasteiger partial charge is 0.146 e. The zero-order valence-electron chi connectivity index (χ0n) is 17.5. The highest BCUT2D eigenvalue weighted by Crippen LogP contribution is 2.31. The van der Waals surface area contributed by atoms with Crippen molar-refractivity contribution in [3.63, 3.8) is 0 Å². The van der Waals surface area contributed by atoms with Crippen LogP contribution in [0.25, 0.3) is 0 Å². The lowest BCUT2D eigenvalue weighted by Gasteiger charge is -2.34. The summed E-state index contributed by atoms with van der Waals surface area (Å²) in [6, 6.07) is 0. The molecule has 6 heteroatoms. The van der Waals surface area contributed by atoms with Crippen LogP contribution in [-0.2, 0) is 9.59 Å². The van der Waals surface area contributed by atoms with Crippen LogP contribution in [0, 0.1) is 22.7 Å². The maximum atomic E-state index is 12.7. The van der Waals surface area contributed by atoms with Crippen LogP contribution in [0.15, 0.2) is 11.6 Å². The Hall–Kier alpha value is -1.37. The molecule has 4 N–H and O–H groups in total. The van der Waals surface area contributed by atoms with E-state index in [1.165, 1.54) is 0 Å². The molecule has 0 aromatic heterocycles. The van der Waals surface area contributed by atoms with Crippen LogP contribution in [0.4, 0.5) is 0 Å². The van der Waals surface area contributed by atoms with Crippen molar-refractivity contribution in [3.05, 3.63) is 11.6 Å². The molecule has 5 atom stereocenters. The molecule has 0 radical (unpaired) electrons. The van der Waals surface area contributed by atoms with E-state index in [0.29, 0.717) is 12.7 Å². The van der Waals surface area contributed by atoms with Gasteiger partial charge in [-0.1, -0.05) is 39.3 Å². The van der Waals surface area contributed by atoms with Crippen molar-refractivity contribution in [3.8, 4) is 0 Å². The topological polar surface area (TPSA) is 119 Å². The molecule has 156 valence electrons. The fraction of sp³-hybridized carbons (Fsp3) is 0.762. The van der Waals surface area contributed by atoms with Crippen LogP contribution in [0.3, 0.4) is 0 Å². The van der Waals surface area contributed by atoms with E-state index >= 15 is 0 Å². The van der Waals surface area contributed by atoms with Crippen LogP contribution in [0.5, 0.6) is 0 Å². The summed E-state index contributed by atoms with van der Waals surface area (Å²) in [7, 11) is 0. The number of rotatable bonds is 13. The molecule has 27 heavy (non-hydrogen) atoms. The summed E-state index contributed by atoms with van der Waals surface area (Å²) in [5.41, 5.74) is 0.0871. The van der Waals surface area contributed by atoms with Crippen LogP contribution in [-0.4, -0.2) is 51.4 Å². The van der Waals surface area contributed by atoms with Gasteiger partial charge in [0.25, 0.3) is 0 Å². The van der Waals surface area contributed by atoms with Crippen molar-refractivity contribution >= 4 is 17.8 Å². The highest BCUT2D eigenvalue weighted by molar-refractivity contribution is 5.87. The maximum absolute atomic E-state index is 12.7. The van der Waals surface area contributed by atoms with E-state index in [-0.39, 0.29) is 23.8 Å². The summed E-state index contributed by atoms with van der Waals surface area (Å²) in [4.78, 5) is 23.3. The van der Waals surface area contributed by atoms with Gasteiger partial charge in [0.1, 0.15) is 18.2 Å². The predicted molar refractivity (Wildman–Crippen MR) is 107 cm³/mol. The molecule has 0 bridgehead atoms. The number of carbonyl (C=O) groups excluding carboxylic acids is 2. The van der Waals surface area contributed by atoms with Crippen molar-refractivity contribution in [1.82, 2.24) is 0 Å². The van der Waals surface area contributed by atoms with Gasteiger partial charge in [-0.2, -0.15) is 0 Å². The number of hydrogen-bond acceptors (Lipinski definition) is 6. The van der Waals surface area contributed by atoms with Gasteiger partial charge in [-0.15, -0.1) is 0 Å². The number of allylic oxidation sites excluding steroid dienone is 1. The van der Waals surface area contributed by atoms with Gasteiger partial charge in [-0.05, 0) is 39.0 Å². The molecule has 6 nitrogen and oxygen atoms in total. The van der Waals surface area contributed by atoms with E-state index in [0.717, 1.165) is 18.4 Å². The van der Waals surface area contributed by atoms with Gasteiger partial charge in [0.15, 0.2) is 0 Å². The first kappa shape index (κ1) is 25.6. The molecule has 0 saturated heterocycles. The fourth-order valence-electron chi connectivity index (χ4n) is 3.14. The van der Waals surface area contributed by atoms with Crippen LogP contribution in [0.1, 0.15) is 67.2 Å². The number of aliphatic hydroxyl groups excluding tert-OH is 3. The normalized spacial score (nSPS) is 18.3. The SMILES string of the molecule is CC(=N)C(O)/C=C(/C)CCCC(C)C(O)C(C)C(=O)C(C)(C)C(O)CC=O. The monoisotopic (exact) mass is 383 g/mol. The van der Waals surface area contributed by atoms with E-state index in [2.05, 4.69) is 0 Å². The highest BCUT2D eigenvalue weighted by atomic mass is 16.3. The second-order valence-electron chi connectivity index (χ2n) is 8.29. The first-order chi connectivity index (χ1) is 12.4. The average Bonchev–Trinajstić information content (AvgIpc) is 2.59. The van der Waals surface area contributed by atoms with Gasteiger partial charge >= 0.3 is 0 Å². The first-order valence-electron chi connectivity index (χ1n) is 9.60. The van der Waals surface area contributed by atoms with Gasteiger partial charge < -0.3 is 25.5 Å². The Kier molecular flexibility index (Phi) is 10.9. The standard InChI is InChI=1S/C21H37NO5/c1-13(12-17(24)16(4)22)8-7-9-14(2)19(26)15(3)20(27)21(5,6)18(25)10-11-23/h11-12,14-15,17-19,22,24-26H,7-10H2,1-6H3/b13-12-,22-16?. The molecule has 0 aromatic carbocycles. The lowest BCUT2D eigenvalue weighted by Crippen LogP contribution is -2.44. The number of ketones is 1. The minimum absolute atomic E-state index is 0.106. The number of Topliss-reactive ketones (excluding diaryl/α,β-unsaturated/α-hetero) is 1. The molecule has 5 unspecified atom stereocenters. The highest BCUT2D eigenvalue weighted by Gasteiger charge is 2.40. The molecule has 0 aliphatic heterocycles. The van der Waals surface area contributed by atoms with Gasteiger partial charge in [0, 0.05) is 18.1 Å². The Morgan fingerprint density at radius 2 is 1.70 bits per heavy atom.